The van der Waals surface area contributed by atoms with Crippen LogP contribution in [0.3, 0.4) is 0 Å². The summed E-state index contributed by atoms with van der Waals surface area (Å²) in [4.78, 5) is 24.3. The van der Waals surface area contributed by atoms with E-state index in [2.05, 4.69) is 15.8 Å². The summed E-state index contributed by atoms with van der Waals surface area (Å²) in [6, 6.07) is 24.2. The lowest BCUT2D eigenvalue weighted by molar-refractivity contribution is -0.136. The maximum Gasteiger partial charge on any atom is 0.329 e. The number of hydrazone groups is 1. The molecule has 0 spiro atoms. The molecule has 2 amide bonds. The third kappa shape index (κ3) is 5.34. The Hall–Kier alpha value is -4.23. The summed E-state index contributed by atoms with van der Waals surface area (Å²) in [7, 11) is 0. The van der Waals surface area contributed by atoms with Crippen LogP contribution in [0.25, 0.3) is 16.9 Å². The fourth-order valence-corrected chi connectivity index (χ4v) is 3.27. The highest BCUT2D eigenvalue weighted by molar-refractivity contribution is 6.41. The van der Waals surface area contributed by atoms with Gasteiger partial charge in [0.2, 0.25) is 0 Å². The lowest BCUT2D eigenvalue weighted by atomic mass is 10.1. The van der Waals surface area contributed by atoms with Gasteiger partial charge in [-0.15, -0.1) is 0 Å². The van der Waals surface area contributed by atoms with Crippen LogP contribution in [0.2, 0.25) is 5.02 Å². The molecule has 8 heteroatoms. The van der Waals surface area contributed by atoms with Gasteiger partial charge < -0.3 is 5.32 Å². The minimum Gasteiger partial charge on any atom is -0.316 e. The second-order valence-electron chi connectivity index (χ2n) is 7.21. The van der Waals surface area contributed by atoms with Gasteiger partial charge in [0.05, 0.1) is 22.6 Å². The van der Waals surface area contributed by atoms with Gasteiger partial charge in [0.15, 0.2) is 0 Å². The highest BCUT2D eigenvalue weighted by Gasteiger charge is 2.15. The zero-order chi connectivity index (χ0) is 23.2. The molecule has 1 heterocycles. The molecule has 0 saturated heterocycles. The molecule has 164 valence electrons. The Kier molecular flexibility index (Phi) is 6.61. The van der Waals surface area contributed by atoms with Crippen LogP contribution in [0.5, 0.6) is 0 Å². The molecule has 0 fully saturated rings. The molecule has 4 aromatic rings. The molecular formula is C25H20ClN5O2. The van der Waals surface area contributed by atoms with Crippen LogP contribution in [-0.2, 0) is 9.59 Å². The van der Waals surface area contributed by atoms with E-state index in [9.17, 15) is 9.59 Å². The monoisotopic (exact) mass is 457 g/mol. The van der Waals surface area contributed by atoms with Crippen molar-refractivity contribution in [1.82, 2.24) is 15.2 Å². The number of carbonyl (C=O) groups is 2. The van der Waals surface area contributed by atoms with Crippen LogP contribution in [-0.4, -0.2) is 27.8 Å². The fourth-order valence-electron chi connectivity index (χ4n) is 3.08. The predicted octanol–water partition coefficient (Wildman–Crippen LogP) is 4.59. The molecule has 0 radical (unpaired) electrons. The molecule has 33 heavy (non-hydrogen) atoms. The predicted molar refractivity (Wildman–Crippen MR) is 130 cm³/mol. The van der Waals surface area contributed by atoms with E-state index < -0.39 is 11.8 Å². The Labute approximate surface area is 195 Å². The number of benzene rings is 3. The zero-order valence-electron chi connectivity index (χ0n) is 17.7. The summed E-state index contributed by atoms with van der Waals surface area (Å²) in [5, 5.41) is 11.4. The molecule has 0 saturated carbocycles. The van der Waals surface area contributed by atoms with Crippen molar-refractivity contribution in [1.29, 1.82) is 0 Å². The fraction of sp³-hybridized carbons (Fsp3) is 0.0400. The summed E-state index contributed by atoms with van der Waals surface area (Å²) in [5.41, 5.74) is 6.87. The number of anilines is 1. The van der Waals surface area contributed by atoms with Crippen molar-refractivity contribution in [3.8, 4) is 16.9 Å². The minimum atomic E-state index is -0.918. The number of aryl methyl sites for hydroxylation is 1. The lowest BCUT2D eigenvalue weighted by Crippen LogP contribution is -2.32. The molecule has 3 aromatic carbocycles. The van der Waals surface area contributed by atoms with Gasteiger partial charge in [-0.3, -0.25) is 9.59 Å². The third-order valence-corrected chi connectivity index (χ3v) is 5.12. The Morgan fingerprint density at radius 2 is 1.64 bits per heavy atom. The zero-order valence-corrected chi connectivity index (χ0v) is 18.5. The average molecular weight is 458 g/mol. The van der Waals surface area contributed by atoms with E-state index in [0.717, 1.165) is 16.8 Å². The first-order valence-corrected chi connectivity index (χ1v) is 10.5. The summed E-state index contributed by atoms with van der Waals surface area (Å²) in [6.07, 6.45) is 3.27. The Morgan fingerprint density at radius 1 is 0.939 bits per heavy atom. The first-order valence-electron chi connectivity index (χ1n) is 10.1. The largest absolute Gasteiger partial charge is 0.329 e. The highest BCUT2D eigenvalue weighted by atomic mass is 35.5. The van der Waals surface area contributed by atoms with Gasteiger partial charge in [-0.1, -0.05) is 71.8 Å². The van der Waals surface area contributed by atoms with Crippen molar-refractivity contribution in [3.05, 3.63) is 101 Å². The van der Waals surface area contributed by atoms with Crippen LogP contribution >= 0.6 is 11.6 Å². The number of hydrogen-bond acceptors (Lipinski definition) is 4. The molecule has 4 rings (SSSR count). The van der Waals surface area contributed by atoms with Crippen molar-refractivity contribution < 1.29 is 9.59 Å². The first kappa shape index (κ1) is 22.0. The summed E-state index contributed by atoms with van der Waals surface area (Å²) in [5.74, 6) is -1.79. The van der Waals surface area contributed by atoms with Gasteiger partial charge in [0, 0.05) is 17.3 Å². The van der Waals surface area contributed by atoms with E-state index in [1.54, 1.807) is 28.9 Å². The number of hydrogen-bond donors (Lipinski definition) is 2. The highest BCUT2D eigenvalue weighted by Crippen LogP contribution is 2.23. The number of carbonyl (C=O) groups excluding carboxylic acids is 2. The van der Waals surface area contributed by atoms with Crippen LogP contribution in [0.4, 0.5) is 5.69 Å². The van der Waals surface area contributed by atoms with Crippen LogP contribution < -0.4 is 10.7 Å². The van der Waals surface area contributed by atoms with Crippen molar-refractivity contribution >= 4 is 35.3 Å². The summed E-state index contributed by atoms with van der Waals surface area (Å²) >= 11 is 6.01. The Balaban J connectivity index is 1.54. The van der Waals surface area contributed by atoms with Crippen molar-refractivity contribution in [2.75, 3.05) is 5.32 Å². The normalized spacial score (nSPS) is 10.8. The second kappa shape index (κ2) is 9.93. The number of rotatable bonds is 5. The topological polar surface area (TPSA) is 88.4 Å². The SMILES string of the molecule is Cc1ccc(-c2nn(-c3ccccc3)cc2/C=N\NC(=O)C(=O)Nc2ccccc2Cl)cc1. The van der Waals surface area contributed by atoms with Gasteiger partial charge in [-0.25, -0.2) is 10.1 Å². The molecule has 0 atom stereocenters. The number of para-hydroxylation sites is 2. The van der Waals surface area contributed by atoms with Gasteiger partial charge in [0.25, 0.3) is 0 Å². The first-order chi connectivity index (χ1) is 16.0. The summed E-state index contributed by atoms with van der Waals surface area (Å²) in [6.45, 7) is 2.01. The molecule has 0 aliphatic carbocycles. The van der Waals surface area contributed by atoms with Crippen molar-refractivity contribution in [2.24, 2.45) is 5.10 Å². The van der Waals surface area contributed by atoms with E-state index in [0.29, 0.717) is 22.0 Å². The smallest absolute Gasteiger partial charge is 0.316 e. The lowest BCUT2D eigenvalue weighted by Gasteiger charge is -2.05. The summed E-state index contributed by atoms with van der Waals surface area (Å²) < 4.78 is 1.74. The molecule has 1 aromatic heterocycles. The van der Waals surface area contributed by atoms with E-state index in [1.165, 1.54) is 6.21 Å². The van der Waals surface area contributed by atoms with Gasteiger partial charge in [-0.2, -0.15) is 10.2 Å². The van der Waals surface area contributed by atoms with Crippen LogP contribution in [0, 0.1) is 6.92 Å². The van der Waals surface area contributed by atoms with Gasteiger partial charge >= 0.3 is 11.8 Å². The quantitative estimate of drug-likeness (QED) is 0.261. The number of aromatic nitrogens is 2. The number of nitrogens with one attached hydrogen (secondary N) is 2. The Morgan fingerprint density at radius 3 is 2.36 bits per heavy atom. The van der Waals surface area contributed by atoms with Gasteiger partial charge in [0.1, 0.15) is 5.69 Å². The molecule has 2 N–H and O–H groups in total. The number of nitrogens with zero attached hydrogens (tertiary/aromatic N) is 3. The van der Waals surface area contributed by atoms with E-state index in [-0.39, 0.29) is 0 Å². The van der Waals surface area contributed by atoms with Crippen LogP contribution in [0.15, 0.2) is 90.2 Å². The minimum absolute atomic E-state index is 0.332. The van der Waals surface area contributed by atoms with Crippen molar-refractivity contribution in [2.45, 2.75) is 6.92 Å². The molecule has 0 aliphatic rings. The molecular weight excluding hydrogens is 438 g/mol. The average Bonchev–Trinajstić information content (AvgIpc) is 3.25. The molecule has 7 nitrogen and oxygen atoms in total. The van der Waals surface area contributed by atoms with Crippen LogP contribution in [0.1, 0.15) is 11.1 Å². The van der Waals surface area contributed by atoms with E-state index >= 15 is 0 Å². The molecule has 0 aliphatic heterocycles. The molecule has 0 unspecified atom stereocenters. The second-order valence-corrected chi connectivity index (χ2v) is 7.62. The van der Waals surface area contributed by atoms with E-state index in [1.807, 2.05) is 67.7 Å². The number of amides is 2. The van der Waals surface area contributed by atoms with Crippen molar-refractivity contribution in [3.63, 3.8) is 0 Å². The maximum atomic E-state index is 12.2. The third-order valence-electron chi connectivity index (χ3n) is 4.79. The Bertz CT molecular complexity index is 1310. The van der Waals surface area contributed by atoms with Gasteiger partial charge in [-0.05, 0) is 31.2 Å². The number of halogens is 1. The standard InChI is InChI=1S/C25H20ClN5O2/c1-17-11-13-18(14-12-17)23-19(16-31(30-23)20-7-3-2-4-8-20)15-27-29-25(33)24(32)28-22-10-6-5-9-21(22)26/h2-16H,1H3,(H,28,32)(H,29,33)/b27-15-. The molecule has 0 bridgehead atoms. The maximum absolute atomic E-state index is 12.2. The van der Waals surface area contributed by atoms with E-state index in [4.69, 9.17) is 16.7 Å².